The molecule has 0 aromatic carbocycles. The van der Waals surface area contributed by atoms with Gasteiger partial charge in [-0.15, -0.1) is 0 Å². The van der Waals surface area contributed by atoms with Crippen molar-refractivity contribution in [3.05, 3.63) is 12.0 Å². The second-order valence-corrected chi connectivity index (χ2v) is 2.19. The largest absolute Gasteiger partial charge is 0.450 e. The first-order valence-electron chi connectivity index (χ1n) is 3.65. The summed E-state index contributed by atoms with van der Waals surface area (Å²) < 4.78 is 9.81. The topological polar surface area (TPSA) is 75.7 Å². The molecule has 5 nitrogen and oxygen atoms in total. The van der Waals surface area contributed by atoms with E-state index in [0.29, 0.717) is 18.7 Å². The number of aromatic nitrogens is 1. The molecule has 0 bridgehead atoms. The predicted molar refractivity (Wildman–Crippen MR) is 39.6 cm³/mol. The summed E-state index contributed by atoms with van der Waals surface area (Å²) in [5, 5.41) is 17.0. The molecule has 1 aromatic heterocycles. The number of aliphatic hydroxyl groups excluding tert-OH is 2. The van der Waals surface area contributed by atoms with Crippen molar-refractivity contribution in [1.29, 1.82) is 0 Å². The summed E-state index contributed by atoms with van der Waals surface area (Å²) in [4.78, 5) is 3.78. The molecule has 68 valence electrons. The zero-order valence-corrected chi connectivity index (χ0v) is 6.56. The van der Waals surface area contributed by atoms with Crippen LogP contribution in [0, 0.1) is 0 Å². The van der Waals surface area contributed by atoms with Crippen LogP contribution in [0.4, 0.5) is 0 Å². The predicted octanol–water partition coefficient (Wildman–Crippen LogP) is -0.0719. The Morgan fingerprint density at radius 3 is 2.92 bits per heavy atom. The zero-order chi connectivity index (χ0) is 8.81. The van der Waals surface area contributed by atoms with Gasteiger partial charge < -0.3 is 19.4 Å². The monoisotopic (exact) mass is 173 g/mol. The second-order valence-electron chi connectivity index (χ2n) is 2.19. The lowest BCUT2D eigenvalue weighted by molar-refractivity contribution is 0.194. The van der Waals surface area contributed by atoms with Gasteiger partial charge in [0, 0.05) is 13.0 Å². The minimum atomic E-state index is -0.160. The van der Waals surface area contributed by atoms with E-state index in [9.17, 15) is 0 Å². The quantitative estimate of drug-likeness (QED) is 0.609. The minimum Gasteiger partial charge on any atom is -0.450 e. The van der Waals surface area contributed by atoms with E-state index >= 15 is 0 Å². The number of oxazole rings is 1. The number of hydrogen-bond acceptors (Lipinski definition) is 5. The molecule has 12 heavy (non-hydrogen) atoms. The maximum atomic E-state index is 8.60. The lowest BCUT2D eigenvalue weighted by Gasteiger charge is -1.96. The van der Waals surface area contributed by atoms with Crippen LogP contribution >= 0.6 is 0 Å². The van der Waals surface area contributed by atoms with E-state index < -0.39 is 0 Å². The summed E-state index contributed by atoms with van der Waals surface area (Å²) in [5.74, 6) is 0. The molecule has 0 amide bonds. The molecule has 0 saturated heterocycles. The summed E-state index contributed by atoms with van der Waals surface area (Å²) >= 11 is 0. The van der Waals surface area contributed by atoms with Gasteiger partial charge in [0.1, 0.15) is 12.0 Å². The number of nitrogens with zero attached hydrogens (tertiary/aromatic N) is 1. The standard InChI is InChI=1S/C7H11NO4/c9-2-1-3-11-7-8-6(4-10)5-12-7/h5,9-10H,1-4H2. The Balaban J connectivity index is 2.31. The number of hydrogen-bond donors (Lipinski definition) is 2. The fourth-order valence-electron chi connectivity index (χ4n) is 0.651. The molecule has 0 unspecified atom stereocenters. The maximum absolute atomic E-state index is 8.60. The van der Waals surface area contributed by atoms with Crippen molar-refractivity contribution in [1.82, 2.24) is 4.98 Å². The zero-order valence-electron chi connectivity index (χ0n) is 6.56. The molecule has 2 N–H and O–H groups in total. The number of ether oxygens (including phenoxy) is 1. The molecule has 0 saturated carbocycles. The van der Waals surface area contributed by atoms with Gasteiger partial charge in [-0.3, -0.25) is 0 Å². The van der Waals surface area contributed by atoms with E-state index in [-0.39, 0.29) is 19.3 Å². The third-order valence-electron chi connectivity index (χ3n) is 1.22. The van der Waals surface area contributed by atoms with Crippen molar-refractivity contribution in [2.75, 3.05) is 13.2 Å². The lowest BCUT2D eigenvalue weighted by atomic mass is 10.5. The Morgan fingerprint density at radius 2 is 2.33 bits per heavy atom. The molecular formula is C7H11NO4. The minimum absolute atomic E-state index is 0.0770. The smallest absolute Gasteiger partial charge is 0.393 e. The van der Waals surface area contributed by atoms with Gasteiger partial charge in [-0.05, 0) is 0 Å². The first-order chi connectivity index (χ1) is 5.86. The maximum Gasteiger partial charge on any atom is 0.393 e. The van der Waals surface area contributed by atoms with Crippen molar-refractivity contribution in [2.45, 2.75) is 13.0 Å². The van der Waals surface area contributed by atoms with Crippen LogP contribution < -0.4 is 4.74 Å². The molecule has 0 aliphatic rings. The Hall–Kier alpha value is -1.07. The van der Waals surface area contributed by atoms with Gasteiger partial charge in [0.2, 0.25) is 0 Å². The summed E-state index contributed by atoms with van der Waals surface area (Å²) in [5.41, 5.74) is 0.439. The van der Waals surface area contributed by atoms with Crippen LogP contribution in [0.5, 0.6) is 6.08 Å². The summed E-state index contributed by atoms with van der Waals surface area (Å²) in [6.07, 6.45) is 2.00. The van der Waals surface area contributed by atoms with Crippen LogP contribution in [0.2, 0.25) is 0 Å². The third kappa shape index (κ3) is 2.52. The summed E-state index contributed by atoms with van der Waals surface area (Å²) in [6, 6.07) is 0. The second kappa shape index (κ2) is 4.74. The summed E-state index contributed by atoms with van der Waals surface area (Å²) in [7, 11) is 0. The van der Waals surface area contributed by atoms with Gasteiger partial charge in [-0.25, -0.2) is 0 Å². The normalized spacial score (nSPS) is 10.2. The van der Waals surface area contributed by atoms with Gasteiger partial charge in [0.05, 0.1) is 13.2 Å². The van der Waals surface area contributed by atoms with E-state index in [0.717, 1.165) is 0 Å². The van der Waals surface area contributed by atoms with Gasteiger partial charge in [-0.2, -0.15) is 4.98 Å². The number of aliphatic hydroxyl groups is 2. The first-order valence-corrected chi connectivity index (χ1v) is 3.65. The SMILES string of the molecule is OCCCOc1nc(CO)co1. The lowest BCUT2D eigenvalue weighted by Crippen LogP contribution is -1.99. The van der Waals surface area contributed by atoms with Gasteiger partial charge in [0.15, 0.2) is 0 Å². The van der Waals surface area contributed by atoms with Crippen molar-refractivity contribution in [3.8, 4) is 6.08 Å². The molecule has 0 radical (unpaired) electrons. The van der Waals surface area contributed by atoms with Crippen LogP contribution in [0.15, 0.2) is 10.7 Å². The van der Waals surface area contributed by atoms with Crippen LogP contribution in [-0.2, 0) is 6.61 Å². The van der Waals surface area contributed by atoms with Gasteiger partial charge in [-0.1, -0.05) is 0 Å². The first kappa shape index (κ1) is 9.02. The van der Waals surface area contributed by atoms with Crippen LogP contribution in [0.3, 0.4) is 0 Å². The van der Waals surface area contributed by atoms with E-state index in [1.54, 1.807) is 0 Å². The molecule has 1 rings (SSSR count). The van der Waals surface area contributed by atoms with Gasteiger partial charge in [0.25, 0.3) is 0 Å². The Kier molecular flexibility index (Phi) is 3.56. The molecule has 1 aromatic rings. The molecule has 0 atom stereocenters. The highest BCUT2D eigenvalue weighted by Crippen LogP contribution is 2.09. The average Bonchev–Trinajstić information content (AvgIpc) is 2.53. The highest BCUT2D eigenvalue weighted by Gasteiger charge is 2.02. The van der Waals surface area contributed by atoms with Crippen molar-refractivity contribution >= 4 is 0 Å². The Morgan fingerprint density at radius 1 is 1.50 bits per heavy atom. The molecule has 0 aliphatic carbocycles. The highest BCUT2D eigenvalue weighted by molar-refractivity contribution is 4.97. The molecule has 0 spiro atoms. The number of rotatable bonds is 5. The highest BCUT2D eigenvalue weighted by atomic mass is 16.6. The van der Waals surface area contributed by atoms with E-state index in [4.69, 9.17) is 19.4 Å². The Bertz CT molecular complexity index is 223. The fourth-order valence-corrected chi connectivity index (χ4v) is 0.651. The van der Waals surface area contributed by atoms with Crippen LogP contribution in [-0.4, -0.2) is 28.4 Å². The van der Waals surface area contributed by atoms with E-state index in [2.05, 4.69) is 4.98 Å². The molecule has 0 aliphatic heterocycles. The average molecular weight is 173 g/mol. The van der Waals surface area contributed by atoms with Crippen molar-refractivity contribution in [3.63, 3.8) is 0 Å². The molecule has 0 fully saturated rings. The molecular weight excluding hydrogens is 162 g/mol. The van der Waals surface area contributed by atoms with Crippen molar-refractivity contribution < 1.29 is 19.4 Å². The van der Waals surface area contributed by atoms with Crippen LogP contribution in [0.25, 0.3) is 0 Å². The molecule has 1 heterocycles. The van der Waals surface area contributed by atoms with Crippen molar-refractivity contribution in [2.24, 2.45) is 0 Å². The van der Waals surface area contributed by atoms with E-state index in [1.165, 1.54) is 6.26 Å². The van der Waals surface area contributed by atoms with Gasteiger partial charge >= 0.3 is 6.08 Å². The van der Waals surface area contributed by atoms with E-state index in [1.807, 2.05) is 0 Å². The Labute approximate surface area is 69.6 Å². The fraction of sp³-hybridized carbons (Fsp3) is 0.571. The van der Waals surface area contributed by atoms with Crippen LogP contribution in [0.1, 0.15) is 12.1 Å². The summed E-state index contributed by atoms with van der Waals surface area (Å²) in [6.45, 7) is 0.280. The molecule has 5 heteroatoms. The third-order valence-corrected chi connectivity index (χ3v) is 1.22.